The predicted octanol–water partition coefficient (Wildman–Crippen LogP) is 2.45. The summed E-state index contributed by atoms with van der Waals surface area (Å²) in [6.07, 6.45) is -0.956. The summed E-state index contributed by atoms with van der Waals surface area (Å²) in [6.45, 7) is 0. The van der Waals surface area contributed by atoms with Gasteiger partial charge in [-0.1, -0.05) is 6.07 Å². The average molecular weight is 266 g/mol. The summed E-state index contributed by atoms with van der Waals surface area (Å²) in [6, 6.07) is 8.05. The maximum Gasteiger partial charge on any atom is 0.417 e. The SMILES string of the molecule is O=c1[nH]c2ccc(C(O)c3ccc(Cl)o3)cc2o1. The van der Waals surface area contributed by atoms with Crippen LogP contribution in [0.5, 0.6) is 0 Å². The number of fused-ring (bicyclic) bond motifs is 1. The molecular formula is C12H8ClNO4. The van der Waals surface area contributed by atoms with Gasteiger partial charge in [0.05, 0.1) is 5.52 Å². The van der Waals surface area contributed by atoms with Gasteiger partial charge < -0.3 is 13.9 Å². The van der Waals surface area contributed by atoms with Crippen molar-refractivity contribution in [1.82, 2.24) is 4.98 Å². The van der Waals surface area contributed by atoms with E-state index in [2.05, 4.69) is 4.98 Å². The number of aliphatic hydroxyl groups excluding tert-OH is 1. The van der Waals surface area contributed by atoms with Gasteiger partial charge in [-0.25, -0.2) is 4.79 Å². The van der Waals surface area contributed by atoms with Crippen LogP contribution in [0, 0.1) is 0 Å². The number of benzene rings is 1. The molecule has 0 amide bonds. The highest BCUT2D eigenvalue weighted by Crippen LogP contribution is 2.27. The van der Waals surface area contributed by atoms with Crippen LogP contribution in [0.2, 0.25) is 5.22 Å². The number of aliphatic hydroxyl groups is 1. The maximum absolute atomic E-state index is 11.0. The average Bonchev–Trinajstić information content (AvgIpc) is 2.92. The molecule has 1 unspecified atom stereocenters. The summed E-state index contributed by atoms with van der Waals surface area (Å²) in [5.41, 5.74) is 1.51. The number of rotatable bonds is 2. The summed E-state index contributed by atoms with van der Waals surface area (Å²) in [5, 5.41) is 10.3. The maximum atomic E-state index is 11.0. The third-order valence-corrected chi connectivity index (χ3v) is 2.83. The molecule has 5 nitrogen and oxygen atoms in total. The smallest absolute Gasteiger partial charge is 0.417 e. The van der Waals surface area contributed by atoms with Crippen molar-refractivity contribution in [3.8, 4) is 0 Å². The second kappa shape index (κ2) is 4.04. The largest absolute Gasteiger partial charge is 0.447 e. The number of aromatic amines is 1. The number of halogens is 1. The third kappa shape index (κ3) is 1.83. The van der Waals surface area contributed by atoms with Crippen molar-refractivity contribution in [2.75, 3.05) is 0 Å². The highest BCUT2D eigenvalue weighted by molar-refractivity contribution is 6.28. The Morgan fingerprint density at radius 3 is 2.78 bits per heavy atom. The van der Waals surface area contributed by atoms with Crippen molar-refractivity contribution in [2.24, 2.45) is 0 Å². The van der Waals surface area contributed by atoms with E-state index in [9.17, 15) is 9.90 Å². The molecule has 92 valence electrons. The van der Waals surface area contributed by atoms with E-state index < -0.39 is 11.9 Å². The summed E-state index contributed by atoms with van der Waals surface area (Å²) in [5.74, 6) is -0.199. The molecule has 0 fully saturated rings. The second-order valence-electron chi connectivity index (χ2n) is 3.81. The molecule has 2 N–H and O–H groups in total. The van der Waals surface area contributed by atoms with E-state index in [1.165, 1.54) is 0 Å². The van der Waals surface area contributed by atoms with Crippen LogP contribution < -0.4 is 5.76 Å². The molecule has 3 rings (SSSR count). The lowest BCUT2D eigenvalue weighted by Crippen LogP contribution is -1.97. The Morgan fingerprint density at radius 1 is 1.22 bits per heavy atom. The van der Waals surface area contributed by atoms with Gasteiger partial charge in [0.1, 0.15) is 11.9 Å². The Bertz CT molecular complexity index is 755. The van der Waals surface area contributed by atoms with E-state index in [-0.39, 0.29) is 5.22 Å². The normalized spacial score (nSPS) is 13.0. The van der Waals surface area contributed by atoms with Crippen molar-refractivity contribution in [2.45, 2.75) is 6.10 Å². The molecule has 2 aromatic heterocycles. The van der Waals surface area contributed by atoms with Gasteiger partial charge in [0.25, 0.3) is 0 Å². The Balaban J connectivity index is 2.05. The molecule has 0 saturated heterocycles. The molecule has 0 aliphatic rings. The topological polar surface area (TPSA) is 79.4 Å². The minimum atomic E-state index is -0.956. The van der Waals surface area contributed by atoms with Crippen LogP contribution in [0.25, 0.3) is 11.1 Å². The number of hydrogen-bond acceptors (Lipinski definition) is 4. The van der Waals surface area contributed by atoms with Gasteiger partial charge in [0, 0.05) is 0 Å². The van der Waals surface area contributed by atoms with Gasteiger partial charge in [-0.05, 0) is 41.4 Å². The molecule has 0 saturated carbocycles. The van der Waals surface area contributed by atoms with Crippen LogP contribution in [-0.4, -0.2) is 10.1 Å². The Morgan fingerprint density at radius 2 is 2.06 bits per heavy atom. The van der Waals surface area contributed by atoms with E-state index in [0.29, 0.717) is 22.4 Å². The van der Waals surface area contributed by atoms with Gasteiger partial charge in [0.15, 0.2) is 10.8 Å². The Kier molecular flexibility index (Phi) is 2.50. The van der Waals surface area contributed by atoms with Gasteiger partial charge in [-0.2, -0.15) is 0 Å². The van der Waals surface area contributed by atoms with Crippen LogP contribution in [0.3, 0.4) is 0 Å². The molecule has 1 aromatic carbocycles. The van der Waals surface area contributed by atoms with Gasteiger partial charge in [-0.3, -0.25) is 4.98 Å². The van der Waals surface area contributed by atoms with E-state index in [0.717, 1.165) is 0 Å². The van der Waals surface area contributed by atoms with Crippen LogP contribution in [-0.2, 0) is 0 Å². The first-order valence-electron chi connectivity index (χ1n) is 5.19. The number of hydrogen-bond donors (Lipinski definition) is 2. The first kappa shape index (κ1) is 11.1. The number of H-pyrrole nitrogens is 1. The standard InChI is InChI=1S/C12H8ClNO4/c13-10-4-3-8(17-10)11(15)6-1-2-7-9(5-6)18-12(16)14-7/h1-5,11,15H,(H,14,16). The molecule has 0 aliphatic carbocycles. The highest BCUT2D eigenvalue weighted by Gasteiger charge is 2.15. The zero-order valence-corrected chi connectivity index (χ0v) is 9.77. The van der Waals surface area contributed by atoms with E-state index in [1.54, 1.807) is 30.3 Å². The molecule has 2 heterocycles. The lowest BCUT2D eigenvalue weighted by atomic mass is 10.1. The van der Waals surface area contributed by atoms with Gasteiger partial charge in [-0.15, -0.1) is 0 Å². The Hall–Kier alpha value is -1.98. The fourth-order valence-electron chi connectivity index (χ4n) is 1.77. The predicted molar refractivity (Wildman–Crippen MR) is 64.6 cm³/mol. The van der Waals surface area contributed by atoms with Crippen molar-refractivity contribution in [3.63, 3.8) is 0 Å². The lowest BCUT2D eigenvalue weighted by Gasteiger charge is -2.07. The van der Waals surface area contributed by atoms with Crippen molar-refractivity contribution < 1.29 is 13.9 Å². The first-order chi connectivity index (χ1) is 8.63. The van der Waals surface area contributed by atoms with Crippen molar-refractivity contribution in [3.05, 3.63) is 57.4 Å². The number of furan rings is 1. The fraction of sp³-hybridized carbons (Fsp3) is 0.0833. The van der Waals surface area contributed by atoms with Crippen molar-refractivity contribution >= 4 is 22.7 Å². The molecular weight excluding hydrogens is 258 g/mol. The highest BCUT2D eigenvalue weighted by atomic mass is 35.5. The number of oxazole rings is 1. The fourth-order valence-corrected chi connectivity index (χ4v) is 1.92. The van der Waals surface area contributed by atoms with Crippen molar-refractivity contribution in [1.29, 1.82) is 0 Å². The molecule has 1 atom stereocenters. The van der Waals surface area contributed by atoms with E-state index in [1.807, 2.05) is 0 Å². The summed E-state index contributed by atoms with van der Waals surface area (Å²) < 4.78 is 10.1. The molecule has 3 aromatic rings. The van der Waals surface area contributed by atoms with E-state index in [4.69, 9.17) is 20.4 Å². The summed E-state index contributed by atoms with van der Waals surface area (Å²) in [4.78, 5) is 13.5. The molecule has 0 spiro atoms. The molecule has 18 heavy (non-hydrogen) atoms. The first-order valence-corrected chi connectivity index (χ1v) is 5.57. The lowest BCUT2D eigenvalue weighted by molar-refractivity contribution is 0.189. The third-order valence-electron chi connectivity index (χ3n) is 2.62. The second-order valence-corrected chi connectivity index (χ2v) is 4.19. The zero-order valence-electron chi connectivity index (χ0n) is 9.01. The molecule has 0 aliphatic heterocycles. The zero-order chi connectivity index (χ0) is 12.7. The quantitative estimate of drug-likeness (QED) is 0.746. The number of aromatic nitrogens is 1. The van der Waals surface area contributed by atoms with Crippen LogP contribution >= 0.6 is 11.6 Å². The van der Waals surface area contributed by atoms with Gasteiger partial charge >= 0.3 is 5.76 Å². The number of nitrogens with one attached hydrogen (secondary N) is 1. The summed E-state index contributed by atoms with van der Waals surface area (Å²) in [7, 11) is 0. The summed E-state index contributed by atoms with van der Waals surface area (Å²) >= 11 is 5.65. The molecule has 6 heteroatoms. The van der Waals surface area contributed by atoms with Crippen LogP contribution in [0.15, 0.2) is 44.0 Å². The molecule has 0 radical (unpaired) electrons. The Labute approximate surface area is 106 Å². The van der Waals surface area contributed by atoms with Crippen LogP contribution in [0.1, 0.15) is 17.4 Å². The van der Waals surface area contributed by atoms with Gasteiger partial charge in [0.2, 0.25) is 0 Å². The minimum absolute atomic E-state index is 0.207. The van der Waals surface area contributed by atoms with Crippen LogP contribution in [0.4, 0.5) is 0 Å². The van der Waals surface area contributed by atoms with E-state index >= 15 is 0 Å². The minimum Gasteiger partial charge on any atom is -0.447 e. The monoisotopic (exact) mass is 265 g/mol. The molecule has 0 bridgehead atoms.